The number of hydrogen-bond acceptors (Lipinski definition) is 13. The highest BCUT2D eigenvalue weighted by atomic mass is 35.5. The molecule has 2 atom stereocenters. The summed E-state index contributed by atoms with van der Waals surface area (Å²) >= 11 is 0. The molecule has 4 aromatic carbocycles. The number of nitrogens with one attached hydrogen (secondary N) is 4. The van der Waals surface area contributed by atoms with Crippen LogP contribution in [0.25, 0.3) is 44.8 Å². The van der Waals surface area contributed by atoms with E-state index in [4.69, 9.17) is 5.11 Å². The van der Waals surface area contributed by atoms with E-state index >= 15 is 0 Å². The van der Waals surface area contributed by atoms with Crippen molar-refractivity contribution in [2.24, 2.45) is 0 Å². The third kappa shape index (κ3) is 11.9. The van der Waals surface area contributed by atoms with Crippen LogP contribution in [0.4, 0.5) is 17.1 Å². The van der Waals surface area contributed by atoms with Crippen molar-refractivity contribution < 1.29 is 34.1 Å². The van der Waals surface area contributed by atoms with Crippen LogP contribution in [-0.2, 0) is 16.0 Å². The SMILES string of the molecule is Cl.O=C(Cc1ccc(-c2nc3ccc([N+](=O)[O-])cc3[nH]2)cc1)[C@@H]1CCCN1C(=O)c1cccnc1.O=C(Nc1ccc(-c2nc3ccc([N+](=O)[O-])cc3[nH]2)cc1)[C@@H]1CCCN1.O=C(O)c1cccnc1. The summed E-state index contributed by atoms with van der Waals surface area (Å²) in [6, 6.07) is 29.8. The third-order valence-electron chi connectivity index (χ3n) is 11.5. The average Bonchev–Trinajstić information content (AvgIpc) is 4.22. The van der Waals surface area contributed by atoms with Crippen molar-refractivity contribution in [2.75, 3.05) is 18.4 Å². The predicted molar refractivity (Wildman–Crippen MR) is 261 cm³/mol. The van der Waals surface area contributed by atoms with Crippen molar-refractivity contribution in [2.45, 2.75) is 44.2 Å². The van der Waals surface area contributed by atoms with E-state index in [9.17, 15) is 39.4 Å². The summed E-state index contributed by atoms with van der Waals surface area (Å²) in [6.45, 7) is 1.44. The van der Waals surface area contributed by atoms with E-state index in [-0.39, 0.29) is 59.4 Å². The molecule has 2 fully saturated rings. The fourth-order valence-electron chi connectivity index (χ4n) is 7.93. The Balaban J connectivity index is 0.000000177. The number of carbonyl (C=O) groups is 4. The summed E-state index contributed by atoms with van der Waals surface area (Å²) in [4.78, 5) is 93.6. The Morgan fingerprint density at radius 3 is 1.76 bits per heavy atom. The number of carbonyl (C=O) groups excluding carboxylic acids is 3. The molecule has 21 heteroatoms. The van der Waals surface area contributed by atoms with E-state index < -0.39 is 21.9 Å². The van der Waals surface area contributed by atoms with Gasteiger partial charge in [0, 0.05) is 78.8 Å². The fraction of sp³-hybridized carbons (Fsp3) is 0.184. The summed E-state index contributed by atoms with van der Waals surface area (Å²) in [5.74, 6) is 0.102. The molecule has 356 valence electrons. The minimum Gasteiger partial charge on any atom is -0.478 e. The lowest BCUT2D eigenvalue weighted by Gasteiger charge is -2.23. The molecule has 0 unspecified atom stereocenters. The molecular weight excluding hydrogens is 922 g/mol. The van der Waals surface area contributed by atoms with Crippen molar-refractivity contribution in [3.05, 3.63) is 171 Å². The number of likely N-dealkylation sites (tertiary alicyclic amines) is 1. The number of Topliss-reactive ketones (excluding diaryl/α,β-unsaturated/α-hetero) is 1. The van der Waals surface area contributed by atoms with Gasteiger partial charge >= 0.3 is 5.97 Å². The Morgan fingerprint density at radius 2 is 1.27 bits per heavy atom. The summed E-state index contributed by atoms with van der Waals surface area (Å²) < 4.78 is 0. The molecule has 2 aliphatic heterocycles. The smallest absolute Gasteiger partial charge is 0.337 e. The van der Waals surface area contributed by atoms with E-state index in [0.717, 1.165) is 48.2 Å². The van der Waals surface area contributed by atoms with Gasteiger partial charge in [0.2, 0.25) is 5.91 Å². The third-order valence-corrected chi connectivity index (χ3v) is 11.5. The van der Waals surface area contributed by atoms with Crippen LogP contribution in [0.15, 0.2) is 134 Å². The molecule has 8 aromatic rings. The lowest BCUT2D eigenvalue weighted by atomic mass is 10.0. The molecule has 0 spiro atoms. The lowest BCUT2D eigenvalue weighted by molar-refractivity contribution is -0.384. The molecule has 0 radical (unpaired) electrons. The van der Waals surface area contributed by atoms with Crippen LogP contribution < -0.4 is 10.6 Å². The van der Waals surface area contributed by atoms with Crippen molar-refractivity contribution in [1.29, 1.82) is 0 Å². The van der Waals surface area contributed by atoms with Crippen LogP contribution >= 0.6 is 12.4 Å². The second-order valence-corrected chi connectivity index (χ2v) is 16.1. The predicted octanol–water partition coefficient (Wildman–Crippen LogP) is 7.98. The van der Waals surface area contributed by atoms with Crippen LogP contribution in [0.3, 0.4) is 0 Å². The van der Waals surface area contributed by atoms with Crippen molar-refractivity contribution in [3.8, 4) is 22.8 Å². The van der Waals surface area contributed by atoms with Gasteiger partial charge in [-0.15, -0.1) is 12.4 Å². The molecule has 20 nitrogen and oxygen atoms in total. The van der Waals surface area contributed by atoms with Crippen LogP contribution in [0.2, 0.25) is 0 Å². The number of anilines is 1. The number of hydrogen-bond donors (Lipinski definition) is 5. The Kier molecular flexibility index (Phi) is 15.7. The molecule has 5 N–H and O–H groups in total. The van der Waals surface area contributed by atoms with Gasteiger partial charge in [-0.1, -0.05) is 24.3 Å². The molecule has 0 bridgehead atoms. The van der Waals surface area contributed by atoms with Crippen LogP contribution in [0.5, 0.6) is 0 Å². The topological polar surface area (TPSA) is 285 Å². The van der Waals surface area contributed by atoms with Crippen molar-refractivity contribution in [1.82, 2.24) is 40.1 Å². The number of nitro groups is 2. The quantitative estimate of drug-likeness (QED) is 0.0607. The van der Waals surface area contributed by atoms with Gasteiger partial charge in [0.1, 0.15) is 11.6 Å². The number of amides is 2. The largest absolute Gasteiger partial charge is 0.478 e. The first-order chi connectivity index (χ1) is 33.4. The number of benzene rings is 4. The number of imidazole rings is 2. The molecule has 0 aliphatic carbocycles. The van der Waals surface area contributed by atoms with E-state index in [1.807, 2.05) is 48.5 Å². The number of ketones is 1. The minimum atomic E-state index is -0.942. The number of aromatic carboxylic acids is 1. The number of nitrogens with zero attached hydrogens (tertiary/aromatic N) is 7. The Morgan fingerprint density at radius 1 is 0.714 bits per heavy atom. The zero-order chi connectivity index (χ0) is 48.4. The second-order valence-electron chi connectivity index (χ2n) is 16.1. The zero-order valence-corrected chi connectivity index (χ0v) is 37.9. The maximum absolute atomic E-state index is 13.0. The van der Waals surface area contributed by atoms with Gasteiger partial charge in [-0.2, -0.15) is 0 Å². The van der Waals surface area contributed by atoms with E-state index in [1.54, 1.807) is 41.4 Å². The molecule has 0 saturated carbocycles. The van der Waals surface area contributed by atoms with Crippen LogP contribution in [0.1, 0.15) is 52.0 Å². The minimum absolute atomic E-state index is 0. The molecule has 2 amide bonds. The molecule has 70 heavy (non-hydrogen) atoms. The fourth-order valence-corrected chi connectivity index (χ4v) is 7.93. The maximum atomic E-state index is 13.0. The number of nitro benzene ring substituents is 2. The number of pyridine rings is 2. The first-order valence-corrected chi connectivity index (χ1v) is 21.8. The Bertz CT molecular complexity index is 3160. The highest BCUT2D eigenvalue weighted by molar-refractivity contribution is 5.99. The van der Waals surface area contributed by atoms with E-state index in [2.05, 4.69) is 40.5 Å². The number of non-ortho nitro benzene ring substituents is 2. The lowest BCUT2D eigenvalue weighted by Crippen LogP contribution is -2.41. The van der Waals surface area contributed by atoms with Gasteiger partial charge in [0.25, 0.3) is 17.3 Å². The number of aromatic amines is 2. The highest BCUT2D eigenvalue weighted by Gasteiger charge is 2.34. The standard InChI is InChI=1S/C25H21N5O4.C18H17N5O3.C6H5NO2.ClH/c31-23(22-4-2-12-29(22)25(32)18-3-1-11-26-15-18)13-16-5-7-17(8-6-16)24-27-20-10-9-19(30(33)34)14-21(20)28-24;24-18(15-2-1-9-19-15)20-12-5-3-11(4-6-12)17-21-14-8-7-13(23(25)26)10-16(14)22-17;8-6(9)5-2-1-3-7-4-5;/h1,3,5-11,14-15,22H,2,4,12-13H2,(H,27,28);3-8,10,15,19H,1-2,9H2,(H,20,24)(H,21,22);1-4H,(H,8,9);1H/t22-;15-;;/m00../s1. The highest BCUT2D eigenvalue weighted by Crippen LogP contribution is 2.27. The van der Waals surface area contributed by atoms with Gasteiger partial charge < -0.3 is 30.6 Å². The number of aromatic nitrogens is 6. The van der Waals surface area contributed by atoms with Gasteiger partial charge in [0.05, 0.1) is 55.1 Å². The average molecular weight is 966 g/mol. The first-order valence-electron chi connectivity index (χ1n) is 21.8. The van der Waals surface area contributed by atoms with Crippen molar-refractivity contribution in [3.63, 3.8) is 0 Å². The number of rotatable bonds is 11. The molecular formula is C49H44ClN11O9. The molecule has 6 heterocycles. The summed E-state index contributed by atoms with van der Waals surface area (Å²) in [5, 5.41) is 36.3. The van der Waals surface area contributed by atoms with Gasteiger partial charge in [-0.05, 0) is 98.5 Å². The number of fused-ring (bicyclic) bond motifs is 2. The maximum Gasteiger partial charge on any atom is 0.337 e. The van der Waals surface area contributed by atoms with Crippen molar-refractivity contribution >= 4 is 75.1 Å². The van der Waals surface area contributed by atoms with Gasteiger partial charge in [-0.25, -0.2) is 14.8 Å². The van der Waals surface area contributed by atoms with E-state index in [0.29, 0.717) is 52.2 Å². The second kappa shape index (κ2) is 22.4. The summed E-state index contributed by atoms with van der Waals surface area (Å²) in [7, 11) is 0. The van der Waals surface area contributed by atoms with Crippen LogP contribution in [0, 0.1) is 20.2 Å². The van der Waals surface area contributed by atoms with E-state index in [1.165, 1.54) is 48.9 Å². The molecule has 10 rings (SSSR count). The molecule has 2 aliphatic rings. The summed E-state index contributed by atoms with van der Waals surface area (Å²) in [6.07, 6.45) is 9.54. The summed E-state index contributed by atoms with van der Waals surface area (Å²) in [5.41, 5.74) is 6.44. The number of carboxylic acid groups (broad SMARTS) is 1. The van der Waals surface area contributed by atoms with Crippen LogP contribution in [-0.4, -0.2) is 98.5 Å². The number of H-pyrrole nitrogens is 2. The number of carboxylic acids is 1. The monoisotopic (exact) mass is 965 g/mol. The first kappa shape index (κ1) is 49.2. The van der Waals surface area contributed by atoms with Gasteiger partial charge in [0.15, 0.2) is 5.78 Å². The Hall–Kier alpha value is -8.75. The number of halogens is 1. The molecule has 4 aromatic heterocycles. The normalized spacial score (nSPS) is 14.9. The Labute approximate surface area is 404 Å². The molecule has 2 saturated heterocycles. The van der Waals surface area contributed by atoms with Gasteiger partial charge in [-0.3, -0.25) is 44.6 Å². The zero-order valence-electron chi connectivity index (χ0n) is 37.1.